The van der Waals surface area contributed by atoms with E-state index in [4.69, 9.17) is 16.7 Å². The molecule has 19 heavy (non-hydrogen) atoms. The molecule has 100 valence electrons. The number of benzene rings is 1. The maximum absolute atomic E-state index is 11.5. The Bertz CT molecular complexity index is 547. The van der Waals surface area contributed by atoms with E-state index in [9.17, 15) is 9.59 Å². The summed E-state index contributed by atoms with van der Waals surface area (Å²) >= 11 is 5.94. The van der Waals surface area contributed by atoms with Crippen molar-refractivity contribution in [3.05, 3.63) is 28.8 Å². The number of carbonyl (C=O) groups excluding carboxylic acids is 2. The summed E-state index contributed by atoms with van der Waals surface area (Å²) in [7, 11) is 0. The molecule has 3 N–H and O–H groups in total. The molecule has 0 spiro atoms. The number of aliphatic hydroxyl groups excluding tert-OH is 1. The molecule has 0 aromatic heterocycles. The van der Waals surface area contributed by atoms with Crippen LogP contribution >= 0.6 is 11.6 Å². The first-order valence-corrected chi connectivity index (χ1v) is 5.84. The number of carbonyl (C=O) groups is 2. The lowest BCUT2D eigenvalue weighted by Crippen LogP contribution is -2.31. The number of hydrogen-bond donors (Lipinski definition) is 3. The van der Waals surface area contributed by atoms with Gasteiger partial charge in [0.05, 0.1) is 17.3 Å². The molecule has 0 aliphatic heterocycles. The van der Waals surface area contributed by atoms with E-state index in [0.717, 1.165) is 0 Å². The normalized spacial score (nSPS) is 9.21. The summed E-state index contributed by atoms with van der Waals surface area (Å²) in [5.41, 5.74) is 1.02. The van der Waals surface area contributed by atoms with Crippen molar-refractivity contribution in [3.8, 4) is 11.8 Å². The van der Waals surface area contributed by atoms with Crippen LogP contribution in [-0.4, -0.2) is 30.1 Å². The highest BCUT2D eigenvalue weighted by atomic mass is 35.5. The molecular weight excluding hydrogens is 268 g/mol. The summed E-state index contributed by atoms with van der Waals surface area (Å²) in [6.07, 6.45) is 0. The molecule has 0 atom stereocenters. The second-order valence-corrected chi connectivity index (χ2v) is 4.02. The average molecular weight is 281 g/mol. The minimum atomic E-state index is -0.385. The van der Waals surface area contributed by atoms with Gasteiger partial charge in [-0.25, -0.2) is 0 Å². The van der Waals surface area contributed by atoms with Crippen LogP contribution < -0.4 is 10.6 Å². The number of hydrogen-bond acceptors (Lipinski definition) is 3. The van der Waals surface area contributed by atoms with E-state index >= 15 is 0 Å². The van der Waals surface area contributed by atoms with E-state index in [1.54, 1.807) is 18.2 Å². The number of nitrogens with one attached hydrogen (secondary N) is 2. The molecule has 5 nitrogen and oxygen atoms in total. The van der Waals surface area contributed by atoms with Crippen LogP contribution in [0.4, 0.5) is 5.69 Å². The van der Waals surface area contributed by atoms with E-state index < -0.39 is 0 Å². The van der Waals surface area contributed by atoms with Crippen molar-refractivity contribution in [3.63, 3.8) is 0 Å². The summed E-state index contributed by atoms with van der Waals surface area (Å²) in [6.45, 7) is 0.955. The van der Waals surface area contributed by atoms with Gasteiger partial charge in [0.2, 0.25) is 11.8 Å². The summed E-state index contributed by atoms with van der Waals surface area (Å²) in [4.78, 5) is 22.2. The molecule has 0 fully saturated rings. The Morgan fingerprint density at radius 1 is 1.42 bits per heavy atom. The summed E-state index contributed by atoms with van der Waals surface area (Å²) < 4.78 is 0. The van der Waals surface area contributed by atoms with Crippen molar-refractivity contribution in [1.82, 2.24) is 5.32 Å². The lowest BCUT2D eigenvalue weighted by Gasteiger charge is -2.08. The monoisotopic (exact) mass is 280 g/mol. The van der Waals surface area contributed by atoms with Gasteiger partial charge in [-0.05, 0) is 18.2 Å². The second-order valence-electron chi connectivity index (χ2n) is 3.61. The summed E-state index contributed by atoms with van der Waals surface area (Å²) in [5, 5.41) is 13.9. The van der Waals surface area contributed by atoms with Crippen LogP contribution in [0.2, 0.25) is 5.02 Å². The first kappa shape index (κ1) is 15.0. The van der Waals surface area contributed by atoms with Crippen LogP contribution in [-0.2, 0) is 9.59 Å². The van der Waals surface area contributed by atoms with Crippen molar-refractivity contribution < 1.29 is 14.7 Å². The van der Waals surface area contributed by atoms with Gasteiger partial charge in [0, 0.05) is 12.5 Å². The van der Waals surface area contributed by atoms with Crippen molar-refractivity contribution in [2.75, 3.05) is 18.5 Å². The highest BCUT2D eigenvalue weighted by Crippen LogP contribution is 2.22. The largest absolute Gasteiger partial charge is 0.384 e. The molecule has 0 aliphatic carbocycles. The Balaban J connectivity index is 2.76. The number of halogens is 1. The maximum Gasteiger partial charge on any atom is 0.243 e. The lowest BCUT2D eigenvalue weighted by atomic mass is 10.2. The van der Waals surface area contributed by atoms with Gasteiger partial charge in [0.25, 0.3) is 0 Å². The molecule has 0 unspecified atom stereocenters. The third-order valence-electron chi connectivity index (χ3n) is 2.05. The molecule has 2 amide bonds. The van der Waals surface area contributed by atoms with Gasteiger partial charge in [0.15, 0.2) is 0 Å². The second kappa shape index (κ2) is 7.41. The molecule has 0 saturated heterocycles. The van der Waals surface area contributed by atoms with E-state index in [2.05, 4.69) is 22.5 Å². The van der Waals surface area contributed by atoms with Gasteiger partial charge in [-0.2, -0.15) is 0 Å². The predicted molar refractivity (Wildman–Crippen MR) is 72.7 cm³/mol. The van der Waals surface area contributed by atoms with Gasteiger partial charge in [-0.1, -0.05) is 23.4 Å². The maximum atomic E-state index is 11.5. The van der Waals surface area contributed by atoms with Gasteiger partial charge >= 0.3 is 0 Å². The van der Waals surface area contributed by atoms with E-state index in [0.29, 0.717) is 16.3 Å². The summed E-state index contributed by atoms with van der Waals surface area (Å²) in [6, 6.07) is 4.86. The molecule has 0 bridgehead atoms. The zero-order valence-electron chi connectivity index (χ0n) is 10.3. The van der Waals surface area contributed by atoms with Gasteiger partial charge < -0.3 is 15.7 Å². The standard InChI is InChI=1S/C13H13ClN2O3/c1-9(18)15-8-13(19)16-12-7-10(3-2-6-17)4-5-11(12)14/h4-5,7,17H,6,8H2,1H3,(H,15,18)(H,16,19). The zero-order valence-corrected chi connectivity index (χ0v) is 11.0. The van der Waals surface area contributed by atoms with Gasteiger partial charge in [0.1, 0.15) is 6.61 Å². The van der Waals surface area contributed by atoms with Crippen molar-refractivity contribution >= 4 is 29.1 Å². The fourth-order valence-corrected chi connectivity index (χ4v) is 1.40. The van der Waals surface area contributed by atoms with Crippen molar-refractivity contribution in [2.45, 2.75) is 6.92 Å². The Labute approximate surface area is 116 Å². The molecule has 0 heterocycles. The van der Waals surface area contributed by atoms with Gasteiger partial charge in [-0.3, -0.25) is 9.59 Å². The minimum Gasteiger partial charge on any atom is -0.384 e. The Kier molecular flexibility index (Phi) is 5.86. The number of aliphatic hydroxyl groups is 1. The van der Waals surface area contributed by atoms with Crippen LogP contribution in [0.3, 0.4) is 0 Å². The van der Waals surface area contributed by atoms with Crippen LogP contribution in [0.5, 0.6) is 0 Å². The van der Waals surface area contributed by atoms with Crippen LogP contribution in [0.1, 0.15) is 12.5 Å². The quantitative estimate of drug-likeness (QED) is 0.715. The highest BCUT2D eigenvalue weighted by Gasteiger charge is 2.06. The topological polar surface area (TPSA) is 78.4 Å². The molecule has 1 aromatic rings. The molecule has 1 rings (SSSR count). The molecular formula is C13H13ClN2O3. The zero-order chi connectivity index (χ0) is 14.3. The fraction of sp³-hybridized carbons (Fsp3) is 0.231. The van der Waals surface area contributed by atoms with Crippen LogP contribution in [0, 0.1) is 11.8 Å². The summed E-state index contributed by atoms with van der Waals surface area (Å²) in [5.74, 6) is 4.53. The Hall–Kier alpha value is -2.03. The first-order chi connectivity index (χ1) is 9.02. The SMILES string of the molecule is CC(=O)NCC(=O)Nc1cc(C#CCO)ccc1Cl. The molecule has 1 aromatic carbocycles. The lowest BCUT2D eigenvalue weighted by molar-refractivity contribution is -0.122. The third kappa shape index (κ3) is 5.42. The van der Waals surface area contributed by atoms with Crippen LogP contribution in [0.25, 0.3) is 0 Å². The van der Waals surface area contributed by atoms with Crippen molar-refractivity contribution in [1.29, 1.82) is 0 Å². The smallest absolute Gasteiger partial charge is 0.243 e. The number of amides is 2. The van der Waals surface area contributed by atoms with E-state index in [1.807, 2.05) is 0 Å². The fourth-order valence-electron chi connectivity index (χ4n) is 1.24. The van der Waals surface area contributed by atoms with E-state index in [-0.39, 0.29) is 25.0 Å². The first-order valence-electron chi connectivity index (χ1n) is 5.46. The van der Waals surface area contributed by atoms with Crippen LogP contribution in [0.15, 0.2) is 18.2 Å². The number of rotatable bonds is 3. The highest BCUT2D eigenvalue weighted by molar-refractivity contribution is 6.33. The Morgan fingerprint density at radius 2 is 2.16 bits per heavy atom. The Morgan fingerprint density at radius 3 is 2.79 bits per heavy atom. The molecule has 0 radical (unpaired) electrons. The predicted octanol–water partition coefficient (Wildman–Crippen LogP) is 0.758. The third-order valence-corrected chi connectivity index (χ3v) is 2.38. The number of anilines is 1. The molecule has 0 aliphatic rings. The van der Waals surface area contributed by atoms with Gasteiger partial charge in [-0.15, -0.1) is 0 Å². The minimum absolute atomic E-state index is 0.127. The van der Waals surface area contributed by atoms with Crippen molar-refractivity contribution in [2.24, 2.45) is 0 Å². The molecule has 0 saturated carbocycles. The average Bonchev–Trinajstić information content (AvgIpc) is 2.37. The molecule has 6 heteroatoms. The van der Waals surface area contributed by atoms with E-state index in [1.165, 1.54) is 6.92 Å².